The Bertz CT molecular complexity index is 1050. The number of fused-ring (bicyclic) bond motifs is 1. The van der Waals surface area contributed by atoms with Gasteiger partial charge in [-0.05, 0) is 12.5 Å². The first-order valence-corrected chi connectivity index (χ1v) is 8.44. The van der Waals surface area contributed by atoms with Gasteiger partial charge in [-0.3, -0.25) is 4.79 Å². The number of carboxylic acid groups (broad SMARTS) is 1. The summed E-state index contributed by atoms with van der Waals surface area (Å²) < 4.78 is 14.6. The first-order chi connectivity index (χ1) is 13.0. The molecule has 3 aromatic heterocycles. The minimum absolute atomic E-state index is 0.0800. The van der Waals surface area contributed by atoms with Crippen LogP contribution in [0.5, 0.6) is 0 Å². The summed E-state index contributed by atoms with van der Waals surface area (Å²) in [6.07, 6.45) is 5.33. The molecule has 4 heterocycles. The first-order valence-electron chi connectivity index (χ1n) is 8.44. The fraction of sp³-hybridized carbons (Fsp3) is 0.294. The van der Waals surface area contributed by atoms with E-state index in [0.717, 1.165) is 24.4 Å². The Morgan fingerprint density at radius 2 is 2.30 bits per heavy atom. The number of nitrogens with zero attached hydrogens (tertiary/aromatic N) is 3. The molecule has 0 spiro atoms. The van der Waals surface area contributed by atoms with Crippen molar-refractivity contribution in [3.63, 3.8) is 0 Å². The monoisotopic (exact) mass is 372 g/mol. The maximum atomic E-state index is 14.6. The van der Waals surface area contributed by atoms with Crippen LogP contribution in [0.1, 0.15) is 22.5 Å². The Morgan fingerprint density at radius 1 is 1.44 bits per heavy atom. The quantitative estimate of drug-likeness (QED) is 0.523. The number of aromatic carboxylic acids is 1. The third-order valence-electron chi connectivity index (χ3n) is 4.64. The topological polar surface area (TPSA) is 127 Å². The number of aromatic nitrogens is 4. The third kappa shape index (κ3) is 3.26. The predicted molar refractivity (Wildman–Crippen MR) is 95.3 cm³/mol. The molecule has 0 aliphatic carbocycles. The number of nitrogens with one attached hydrogen (secondary N) is 3. The van der Waals surface area contributed by atoms with E-state index in [-0.39, 0.29) is 22.9 Å². The number of halogens is 1. The summed E-state index contributed by atoms with van der Waals surface area (Å²) in [5.41, 5.74) is -0.140. The molecule has 1 fully saturated rings. The molecule has 1 unspecified atom stereocenters. The van der Waals surface area contributed by atoms with Crippen LogP contribution in [0.3, 0.4) is 0 Å². The molecule has 27 heavy (non-hydrogen) atoms. The smallest absolute Gasteiger partial charge is 0.341 e. The van der Waals surface area contributed by atoms with E-state index in [1.165, 1.54) is 0 Å². The van der Waals surface area contributed by atoms with Crippen molar-refractivity contribution >= 4 is 22.8 Å². The lowest BCUT2D eigenvalue weighted by Crippen LogP contribution is -2.32. The molecule has 1 aliphatic rings. The lowest BCUT2D eigenvalue weighted by Gasteiger charge is -2.19. The molecule has 0 saturated carbocycles. The van der Waals surface area contributed by atoms with Crippen LogP contribution in [0.15, 0.2) is 29.6 Å². The zero-order chi connectivity index (χ0) is 19.0. The number of hydrogen-bond acceptors (Lipinski definition) is 6. The molecule has 1 atom stereocenters. The summed E-state index contributed by atoms with van der Waals surface area (Å²) >= 11 is 0. The van der Waals surface area contributed by atoms with Crippen LogP contribution in [-0.4, -0.2) is 50.1 Å². The molecular formula is C17H17FN6O3. The molecule has 0 radical (unpaired) electrons. The van der Waals surface area contributed by atoms with Crippen molar-refractivity contribution in [3.8, 4) is 0 Å². The molecule has 4 N–H and O–H groups in total. The van der Waals surface area contributed by atoms with E-state index < -0.39 is 22.8 Å². The zero-order valence-corrected chi connectivity index (χ0v) is 14.2. The minimum Gasteiger partial charge on any atom is -0.477 e. The number of aromatic amines is 2. The maximum absolute atomic E-state index is 14.6. The molecule has 9 nitrogen and oxygen atoms in total. The molecule has 0 aromatic carbocycles. The van der Waals surface area contributed by atoms with Crippen molar-refractivity contribution in [2.45, 2.75) is 19.0 Å². The SMILES string of the molecule is O=C(O)c1c[nH]c2nc(N3CCC(NCc4c[nH]cn4)C3)c(F)cc2c1=O. The number of carboxylic acids is 1. The number of carbonyl (C=O) groups is 1. The van der Waals surface area contributed by atoms with E-state index >= 15 is 0 Å². The maximum Gasteiger partial charge on any atom is 0.341 e. The minimum atomic E-state index is -1.37. The second-order valence-electron chi connectivity index (χ2n) is 6.40. The Kier molecular flexibility index (Phi) is 4.32. The van der Waals surface area contributed by atoms with Crippen LogP contribution in [0.4, 0.5) is 10.2 Å². The molecule has 0 bridgehead atoms. The Labute approximate surface area is 152 Å². The summed E-state index contributed by atoms with van der Waals surface area (Å²) in [4.78, 5) is 39.0. The number of rotatable bonds is 5. The largest absolute Gasteiger partial charge is 0.477 e. The van der Waals surface area contributed by atoms with Gasteiger partial charge < -0.3 is 25.3 Å². The summed E-state index contributed by atoms with van der Waals surface area (Å²) in [5, 5.41) is 12.3. The molecular weight excluding hydrogens is 355 g/mol. The van der Waals surface area contributed by atoms with Gasteiger partial charge in [0.2, 0.25) is 5.43 Å². The molecule has 140 valence electrons. The normalized spacial score (nSPS) is 16.9. The molecule has 0 amide bonds. The highest BCUT2D eigenvalue weighted by atomic mass is 19.1. The van der Waals surface area contributed by atoms with Crippen molar-refractivity contribution in [2.75, 3.05) is 18.0 Å². The van der Waals surface area contributed by atoms with E-state index in [2.05, 4.69) is 25.3 Å². The Morgan fingerprint density at radius 3 is 3.04 bits per heavy atom. The third-order valence-corrected chi connectivity index (χ3v) is 4.64. The zero-order valence-electron chi connectivity index (χ0n) is 14.2. The van der Waals surface area contributed by atoms with E-state index in [1.807, 2.05) is 6.20 Å². The van der Waals surface area contributed by atoms with E-state index in [4.69, 9.17) is 5.11 Å². The standard InChI is InChI=1S/C17H17FN6O3/c18-13-3-11-14(25)12(17(26)27)6-21-15(11)23-16(13)24-2-1-9(7-24)20-5-10-4-19-8-22-10/h3-4,6,8-9,20H,1-2,5,7H2,(H,19,22)(H,26,27)(H,21,23,25). The number of hydrogen-bond donors (Lipinski definition) is 4. The van der Waals surface area contributed by atoms with Gasteiger partial charge in [-0.1, -0.05) is 0 Å². The molecule has 10 heteroatoms. The average molecular weight is 372 g/mol. The fourth-order valence-electron chi connectivity index (χ4n) is 3.25. The summed E-state index contributed by atoms with van der Waals surface area (Å²) in [6.45, 7) is 1.79. The van der Waals surface area contributed by atoms with Gasteiger partial charge in [-0.25, -0.2) is 19.2 Å². The number of anilines is 1. The lowest BCUT2D eigenvalue weighted by atomic mass is 10.2. The van der Waals surface area contributed by atoms with Crippen LogP contribution >= 0.6 is 0 Å². The average Bonchev–Trinajstić information content (AvgIpc) is 3.32. The second-order valence-corrected chi connectivity index (χ2v) is 6.40. The van der Waals surface area contributed by atoms with Gasteiger partial charge in [0.25, 0.3) is 0 Å². The van der Waals surface area contributed by atoms with Crippen molar-refractivity contribution in [1.29, 1.82) is 0 Å². The molecule has 4 rings (SSSR count). The second kappa shape index (κ2) is 6.80. The van der Waals surface area contributed by atoms with E-state index in [1.54, 1.807) is 11.2 Å². The van der Waals surface area contributed by atoms with E-state index in [0.29, 0.717) is 19.6 Å². The number of imidazole rings is 1. The summed E-state index contributed by atoms with van der Waals surface area (Å²) in [7, 11) is 0. The fourth-order valence-corrected chi connectivity index (χ4v) is 3.25. The summed E-state index contributed by atoms with van der Waals surface area (Å²) in [6, 6.07) is 1.21. The van der Waals surface area contributed by atoms with Crippen molar-refractivity contribution in [1.82, 2.24) is 25.3 Å². The van der Waals surface area contributed by atoms with Crippen molar-refractivity contribution in [2.24, 2.45) is 0 Å². The molecule has 1 saturated heterocycles. The molecule has 1 aliphatic heterocycles. The van der Waals surface area contributed by atoms with Crippen LogP contribution in [0.2, 0.25) is 0 Å². The first kappa shape index (κ1) is 17.2. The van der Waals surface area contributed by atoms with Crippen LogP contribution in [-0.2, 0) is 6.54 Å². The van der Waals surface area contributed by atoms with Crippen LogP contribution in [0, 0.1) is 5.82 Å². The highest BCUT2D eigenvalue weighted by Gasteiger charge is 2.26. The molecule has 3 aromatic rings. The predicted octanol–water partition coefficient (Wildman–Crippen LogP) is 0.852. The Hall–Kier alpha value is -3.27. The van der Waals surface area contributed by atoms with Crippen LogP contribution < -0.4 is 15.6 Å². The Balaban J connectivity index is 1.55. The van der Waals surface area contributed by atoms with Gasteiger partial charge in [0, 0.05) is 38.1 Å². The van der Waals surface area contributed by atoms with Crippen molar-refractivity contribution in [3.05, 3.63) is 52.1 Å². The van der Waals surface area contributed by atoms with E-state index in [9.17, 15) is 14.0 Å². The highest BCUT2D eigenvalue weighted by Crippen LogP contribution is 2.24. The van der Waals surface area contributed by atoms with Crippen molar-refractivity contribution < 1.29 is 14.3 Å². The van der Waals surface area contributed by atoms with Gasteiger partial charge in [0.05, 0.1) is 17.4 Å². The van der Waals surface area contributed by atoms with Crippen LogP contribution in [0.25, 0.3) is 11.0 Å². The van der Waals surface area contributed by atoms with Gasteiger partial charge in [0.1, 0.15) is 11.2 Å². The lowest BCUT2D eigenvalue weighted by molar-refractivity contribution is 0.0695. The van der Waals surface area contributed by atoms with Gasteiger partial charge >= 0.3 is 5.97 Å². The van der Waals surface area contributed by atoms with Gasteiger partial charge in [0.15, 0.2) is 11.6 Å². The number of H-pyrrole nitrogens is 2. The van der Waals surface area contributed by atoms with Gasteiger partial charge in [-0.2, -0.15) is 0 Å². The summed E-state index contributed by atoms with van der Waals surface area (Å²) in [5.74, 6) is -1.87. The highest BCUT2D eigenvalue weighted by molar-refractivity contribution is 5.91. The van der Waals surface area contributed by atoms with Gasteiger partial charge in [-0.15, -0.1) is 0 Å². The number of pyridine rings is 2.